The summed E-state index contributed by atoms with van der Waals surface area (Å²) in [6, 6.07) is 9.46. The maximum Gasteiger partial charge on any atom is 0.327 e. The Morgan fingerprint density at radius 1 is 1.36 bits per heavy atom. The maximum atomic E-state index is 11.9. The molecular weight excluding hydrogens is 380 g/mol. The number of ketones is 1. The summed E-state index contributed by atoms with van der Waals surface area (Å²) in [5.41, 5.74) is 0. The molecule has 0 unspecified atom stereocenters. The summed E-state index contributed by atoms with van der Waals surface area (Å²) in [4.78, 5) is 23.6. The fourth-order valence-corrected chi connectivity index (χ4v) is 4.31. The molecule has 1 aromatic heterocycles. The first-order valence-corrected chi connectivity index (χ1v) is 9.71. The summed E-state index contributed by atoms with van der Waals surface area (Å²) in [6.07, 6.45) is 0. The van der Waals surface area contributed by atoms with Gasteiger partial charge in [0.25, 0.3) is 0 Å². The predicted octanol–water partition coefficient (Wildman–Crippen LogP) is 3.37. The highest BCUT2D eigenvalue weighted by Gasteiger charge is 2.27. The van der Waals surface area contributed by atoms with Gasteiger partial charge in [0.05, 0.1) is 13.2 Å². The number of hydrogen-bond acceptors (Lipinski definition) is 8. The number of nitrogens with zero attached hydrogens (tertiary/aromatic N) is 2. The van der Waals surface area contributed by atoms with Crippen molar-refractivity contribution in [2.45, 2.75) is 30.0 Å². The lowest BCUT2D eigenvalue weighted by Crippen LogP contribution is -2.27. The van der Waals surface area contributed by atoms with Crippen molar-refractivity contribution in [1.29, 1.82) is 0 Å². The van der Waals surface area contributed by atoms with E-state index < -0.39 is 11.2 Å². The Morgan fingerprint density at radius 2 is 2.08 bits per heavy atom. The zero-order valence-corrected chi connectivity index (χ0v) is 16.3. The van der Waals surface area contributed by atoms with Crippen LogP contribution in [0.15, 0.2) is 34.7 Å². The standard InChI is InChI=1S/C16H18N2O4S3/c1-3-21-14(20)13(11(2)19)24-15-17-18(16(23)25-15)9-10-22-12-7-5-4-6-8-12/h4-8,13H,3,9-10H2,1-2H3/t13-/m1/s1. The molecule has 0 aliphatic heterocycles. The van der Waals surface area contributed by atoms with Gasteiger partial charge in [-0.2, -0.15) is 5.10 Å². The van der Waals surface area contributed by atoms with Crippen LogP contribution in [0.3, 0.4) is 0 Å². The van der Waals surface area contributed by atoms with E-state index in [0.29, 0.717) is 21.4 Å². The predicted molar refractivity (Wildman–Crippen MR) is 99.8 cm³/mol. The van der Waals surface area contributed by atoms with Gasteiger partial charge in [-0.05, 0) is 38.2 Å². The van der Waals surface area contributed by atoms with Gasteiger partial charge >= 0.3 is 5.97 Å². The van der Waals surface area contributed by atoms with Crippen LogP contribution in [0.25, 0.3) is 0 Å². The van der Waals surface area contributed by atoms with E-state index in [0.717, 1.165) is 17.5 Å². The number of hydrogen-bond donors (Lipinski definition) is 0. The van der Waals surface area contributed by atoms with Gasteiger partial charge in [-0.1, -0.05) is 41.3 Å². The fourth-order valence-electron chi connectivity index (χ4n) is 1.86. The van der Waals surface area contributed by atoms with Crippen LogP contribution in [0.1, 0.15) is 13.8 Å². The smallest absolute Gasteiger partial charge is 0.327 e. The third kappa shape index (κ3) is 5.94. The third-order valence-corrected chi connectivity index (χ3v) is 5.68. The molecule has 0 bridgehead atoms. The lowest BCUT2D eigenvalue weighted by Gasteiger charge is -2.09. The highest BCUT2D eigenvalue weighted by molar-refractivity contribution is 8.03. The topological polar surface area (TPSA) is 70.4 Å². The van der Waals surface area contributed by atoms with Crippen LogP contribution in [0.5, 0.6) is 5.75 Å². The molecule has 0 N–H and O–H groups in total. The number of rotatable bonds is 9. The minimum absolute atomic E-state index is 0.226. The van der Waals surface area contributed by atoms with E-state index in [4.69, 9.17) is 21.7 Å². The minimum Gasteiger partial charge on any atom is -0.492 e. The molecule has 0 radical (unpaired) electrons. The average Bonchev–Trinajstić information content (AvgIpc) is 2.93. The molecule has 0 saturated heterocycles. The molecule has 0 aliphatic rings. The van der Waals surface area contributed by atoms with Gasteiger partial charge in [-0.3, -0.25) is 9.59 Å². The van der Waals surface area contributed by atoms with Gasteiger partial charge in [0, 0.05) is 0 Å². The molecule has 1 atom stereocenters. The molecule has 25 heavy (non-hydrogen) atoms. The second kappa shape index (κ2) is 9.69. The Kier molecular flexibility index (Phi) is 7.60. The van der Waals surface area contributed by atoms with Crippen LogP contribution in [-0.2, 0) is 20.9 Å². The molecule has 0 saturated carbocycles. The summed E-state index contributed by atoms with van der Waals surface area (Å²) in [5, 5.41) is 3.44. The van der Waals surface area contributed by atoms with E-state index in [1.807, 2.05) is 30.3 Å². The Bertz CT molecular complexity index is 773. The van der Waals surface area contributed by atoms with Crippen molar-refractivity contribution >= 4 is 47.1 Å². The monoisotopic (exact) mass is 398 g/mol. The van der Waals surface area contributed by atoms with Crippen LogP contribution in [0.4, 0.5) is 0 Å². The first-order chi connectivity index (χ1) is 12.0. The lowest BCUT2D eigenvalue weighted by atomic mass is 10.3. The molecule has 0 spiro atoms. The van der Waals surface area contributed by atoms with E-state index in [1.54, 1.807) is 11.6 Å². The van der Waals surface area contributed by atoms with E-state index in [-0.39, 0.29) is 12.4 Å². The van der Waals surface area contributed by atoms with E-state index in [9.17, 15) is 9.59 Å². The van der Waals surface area contributed by atoms with Gasteiger partial charge in [0.15, 0.2) is 19.3 Å². The highest BCUT2D eigenvalue weighted by Crippen LogP contribution is 2.27. The first-order valence-electron chi connectivity index (χ1n) is 7.60. The maximum absolute atomic E-state index is 11.9. The molecule has 1 heterocycles. The summed E-state index contributed by atoms with van der Waals surface area (Å²) < 4.78 is 13.3. The van der Waals surface area contributed by atoms with Crippen LogP contribution >= 0.6 is 35.3 Å². The van der Waals surface area contributed by atoms with E-state index in [1.165, 1.54) is 18.3 Å². The van der Waals surface area contributed by atoms with Gasteiger partial charge < -0.3 is 9.47 Å². The minimum atomic E-state index is -0.922. The third-order valence-electron chi connectivity index (χ3n) is 2.99. The van der Waals surface area contributed by atoms with Crippen molar-refractivity contribution in [3.8, 4) is 5.75 Å². The van der Waals surface area contributed by atoms with Gasteiger partial charge in [0.2, 0.25) is 0 Å². The number of thioether (sulfide) groups is 1. The summed E-state index contributed by atoms with van der Waals surface area (Å²) in [5.74, 6) is -0.0543. The number of carbonyl (C=O) groups is 2. The quantitative estimate of drug-likeness (QED) is 0.278. The van der Waals surface area contributed by atoms with Gasteiger partial charge in [-0.25, -0.2) is 4.68 Å². The molecule has 0 aliphatic carbocycles. The first kappa shape index (κ1) is 19.6. The van der Waals surface area contributed by atoms with Crippen molar-refractivity contribution in [3.05, 3.63) is 34.3 Å². The fraction of sp³-hybridized carbons (Fsp3) is 0.375. The van der Waals surface area contributed by atoms with Crippen molar-refractivity contribution in [1.82, 2.24) is 9.78 Å². The number of carbonyl (C=O) groups excluding carboxylic acids is 2. The number of aromatic nitrogens is 2. The zero-order valence-electron chi connectivity index (χ0n) is 13.8. The lowest BCUT2D eigenvalue weighted by molar-refractivity contribution is -0.144. The van der Waals surface area contributed by atoms with Crippen LogP contribution in [0.2, 0.25) is 0 Å². The van der Waals surface area contributed by atoms with Crippen LogP contribution in [0, 0.1) is 3.95 Å². The molecule has 6 nitrogen and oxygen atoms in total. The molecule has 0 amide bonds. The van der Waals surface area contributed by atoms with E-state index >= 15 is 0 Å². The number of Topliss-reactive ketones (excluding diaryl/α,β-unsaturated/α-hetero) is 1. The Morgan fingerprint density at radius 3 is 2.72 bits per heavy atom. The number of para-hydroxylation sites is 1. The van der Waals surface area contributed by atoms with Gasteiger partial charge in [0.1, 0.15) is 12.4 Å². The van der Waals surface area contributed by atoms with E-state index in [2.05, 4.69) is 5.10 Å². The second-order valence-electron chi connectivity index (χ2n) is 4.88. The highest BCUT2D eigenvalue weighted by atomic mass is 32.2. The summed E-state index contributed by atoms with van der Waals surface area (Å²) in [6.45, 7) is 4.18. The molecule has 2 aromatic rings. The number of esters is 1. The van der Waals surface area contributed by atoms with Crippen molar-refractivity contribution in [2.75, 3.05) is 13.2 Å². The molecule has 2 rings (SSSR count). The van der Waals surface area contributed by atoms with Crippen molar-refractivity contribution in [3.63, 3.8) is 0 Å². The molecular formula is C16H18N2O4S3. The Labute approximate surface area is 159 Å². The molecule has 9 heteroatoms. The Hall–Kier alpha value is -1.71. The second-order valence-corrected chi connectivity index (χ2v) is 7.85. The molecule has 134 valence electrons. The number of benzene rings is 1. The van der Waals surface area contributed by atoms with Crippen molar-refractivity contribution < 1.29 is 19.1 Å². The largest absolute Gasteiger partial charge is 0.492 e. The van der Waals surface area contributed by atoms with Crippen LogP contribution < -0.4 is 4.74 Å². The molecule has 1 aromatic carbocycles. The summed E-state index contributed by atoms with van der Waals surface area (Å²) in [7, 11) is 0. The average molecular weight is 399 g/mol. The van der Waals surface area contributed by atoms with Gasteiger partial charge in [-0.15, -0.1) is 0 Å². The SMILES string of the molecule is CCOC(=O)[C@H](Sc1nn(CCOc2ccccc2)c(=S)s1)C(C)=O. The summed E-state index contributed by atoms with van der Waals surface area (Å²) >= 11 is 7.61. The Balaban J connectivity index is 1.97. The molecule has 0 fully saturated rings. The number of ether oxygens (including phenoxy) is 2. The van der Waals surface area contributed by atoms with Crippen LogP contribution in [-0.4, -0.2) is 40.0 Å². The zero-order chi connectivity index (χ0) is 18.2. The van der Waals surface area contributed by atoms with Crippen molar-refractivity contribution in [2.24, 2.45) is 0 Å². The normalized spacial score (nSPS) is 11.8.